The lowest BCUT2D eigenvalue weighted by atomic mass is 9.64. The maximum absolute atomic E-state index is 11.4. The van der Waals surface area contributed by atoms with Gasteiger partial charge in [-0.1, -0.05) is 45.4 Å². The van der Waals surface area contributed by atoms with Crippen molar-refractivity contribution in [1.82, 2.24) is 0 Å². The number of rotatable bonds is 3. The summed E-state index contributed by atoms with van der Waals surface area (Å²) in [6, 6.07) is 7.92. The number of methoxy groups -OCH3 is 1. The highest BCUT2D eigenvalue weighted by Gasteiger charge is 2.45. The Morgan fingerprint density at radius 2 is 1.95 bits per heavy atom. The van der Waals surface area contributed by atoms with Crippen LogP contribution in [0.1, 0.15) is 45.6 Å². The van der Waals surface area contributed by atoms with Crippen LogP contribution < -0.4 is 4.74 Å². The molecule has 1 saturated carbocycles. The number of hydrogen-bond donors (Lipinski definition) is 1. The Bertz CT molecular complexity index is 427. The molecule has 1 aromatic rings. The molecule has 1 aromatic carbocycles. The lowest BCUT2D eigenvalue weighted by Crippen LogP contribution is -2.43. The van der Waals surface area contributed by atoms with Gasteiger partial charge in [-0.2, -0.15) is 0 Å². The Labute approximate surface area is 116 Å². The quantitative estimate of drug-likeness (QED) is 0.893. The van der Waals surface area contributed by atoms with E-state index in [2.05, 4.69) is 20.8 Å². The van der Waals surface area contributed by atoms with Crippen molar-refractivity contribution in [2.24, 2.45) is 17.8 Å². The van der Waals surface area contributed by atoms with Crippen LogP contribution in [0.15, 0.2) is 24.3 Å². The fourth-order valence-corrected chi connectivity index (χ4v) is 3.68. The predicted molar refractivity (Wildman–Crippen MR) is 78.2 cm³/mol. The summed E-state index contributed by atoms with van der Waals surface area (Å²) in [6.45, 7) is 6.65. The number of aliphatic hydroxyl groups is 1. The van der Waals surface area contributed by atoms with Gasteiger partial charge in [-0.3, -0.25) is 0 Å². The minimum absolute atomic E-state index is 0.306. The minimum Gasteiger partial charge on any atom is -0.496 e. The van der Waals surface area contributed by atoms with Crippen LogP contribution in [-0.2, 0) is 5.60 Å². The van der Waals surface area contributed by atoms with Crippen molar-refractivity contribution in [3.8, 4) is 5.75 Å². The van der Waals surface area contributed by atoms with Gasteiger partial charge in [-0.25, -0.2) is 0 Å². The second-order valence-electron chi connectivity index (χ2n) is 6.36. The van der Waals surface area contributed by atoms with Crippen molar-refractivity contribution in [3.63, 3.8) is 0 Å². The zero-order valence-corrected chi connectivity index (χ0v) is 12.5. The summed E-state index contributed by atoms with van der Waals surface area (Å²) in [5.74, 6) is 2.15. The standard InChI is InChI=1S/C17H26O2/c1-12(2)14-10-9-13(3)11-17(14,18)15-7-5-6-8-16(15)19-4/h5-8,12-14,18H,9-11H2,1-4H3. The maximum atomic E-state index is 11.4. The number of ether oxygens (including phenoxy) is 1. The SMILES string of the molecule is COc1ccccc1C1(O)CC(C)CCC1C(C)C. The molecular weight excluding hydrogens is 236 g/mol. The largest absolute Gasteiger partial charge is 0.496 e. The van der Waals surface area contributed by atoms with Crippen molar-refractivity contribution < 1.29 is 9.84 Å². The van der Waals surface area contributed by atoms with Crippen molar-refractivity contribution in [1.29, 1.82) is 0 Å². The van der Waals surface area contributed by atoms with Gasteiger partial charge in [0.25, 0.3) is 0 Å². The Balaban J connectivity index is 2.46. The summed E-state index contributed by atoms with van der Waals surface area (Å²) >= 11 is 0. The summed E-state index contributed by atoms with van der Waals surface area (Å²) in [5.41, 5.74) is 0.209. The van der Waals surface area contributed by atoms with E-state index in [1.165, 1.54) is 6.42 Å². The van der Waals surface area contributed by atoms with E-state index in [9.17, 15) is 5.11 Å². The van der Waals surface area contributed by atoms with Crippen LogP contribution in [0.5, 0.6) is 5.75 Å². The average Bonchev–Trinajstić information content (AvgIpc) is 2.38. The highest BCUT2D eigenvalue weighted by Crippen LogP contribution is 2.49. The number of benzene rings is 1. The van der Waals surface area contributed by atoms with Crippen LogP contribution >= 0.6 is 0 Å². The molecule has 19 heavy (non-hydrogen) atoms. The Kier molecular flexibility index (Phi) is 4.19. The van der Waals surface area contributed by atoms with E-state index in [1.54, 1.807) is 7.11 Å². The van der Waals surface area contributed by atoms with E-state index < -0.39 is 5.60 Å². The molecule has 3 atom stereocenters. The molecule has 1 aliphatic carbocycles. The Morgan fingerprint density at radius 3 is 2.58 bits per heavy atom. The number of para-hydroxylation sites is 1. The molecule has 2 rings (SSSR count). The van der Waals surface area contributed by atoms with Gasteiger partial charge in [-0.05, 0) is 36.7 Å². The molecule has 0 radical (unpaired) electrons. The summed E-state index contributed by atoms with van der Waals surface area (Å²) in [4.78, 5) is 0. The molecule has 2 heteroatoms. The first kappa shape index (κ1) is 14.4. The molecule has 1 N–H and O–H groups in total. The first-order chi connectivity index (χ1) is 8.99. The van der Waals surface area contributed by atoms with E-state index >= 15 is 0 Å². The molecular formula is C17H26O2. The Morgan fingerprint density at radius 1 is 1.26 bits per heavy atom. The lowest BCUT2D eigenvalue weighted by Gasteiger charge is -2.45. The van der Waals surface area contributed by atoms with Gasteiger partial charge in [0, 0.05) is 5.56 Å². The van der Waals surface area contributed by atoms with E-state index in [0.29, 0.717) is 17.8 Å². The van der Waals surface area contributed by atoms with Crippen LogP contribution in [0.4, 0.5) is 0 Å². The minimum atomic E-state index is -0.752. The fourth-order valence-electron chi connectivity index (χ4n) is 3.68. The molecule has 1 fully saturated rings. The van der Waals surface area contributed by atoms with Gasteiger partial charge in [0.05, 0.1) is 12.7 Å². The molecule has 0 aliphatic heterocycles. The molecule has 106 valence electrons. The molecule has 0 heterocycles. The third-order valence-electron chi connectivity index (χ3n) is 4.62. The highest BCUT2D eigenvalue weighted by atomic mass is 16.5. The van der Waals surface area contributed by atoms with Gasteiger partial charge >= 0.3 is 0 Å². The molecule has 0 aromatic heterocycles. The van der Waals surface area contributed by atoms with E-state index in [-0.39, 0.29) is 0 Å². The molecule has 2 nitrogen and oxygen atoms in total. The van der Waals surface area contributed by atoms with Gasteiger partial charge in [0.2, 0.25) is 0 Å². The van der Waals surface area contributed by atoms with Crippen molar-refractivity contribution in [2.75, 3.05) is 7.11 Å². The first-order valence-electron chi connectivity index (χ1n) is 7.35. The van der Waals surface area contributed by atoms with Crippen LogP contribution in [0.25, 0.3) is 0 Å². The van der Waals surface area contributed by atoms with E-state index in [0.717, 1.165) is 24.2 Å². The second-order valence-corrected chi connectivity index (χ2v) is 6.36. The van der Waals surface area contributed by atoms with Gasteiger partial charge in [0.15, 0.2) is 0 Å². The van der Waals surface area contributed by atoms with Crippen molar-refractivity contribution in [3.05, 3.63) is 29.8 Å². The average molecular weight is 262 g/mol. The van der Waals surface area contributed by atoms with Crippen molar-refractivity contribution in [2.45, 2.75) is 45.6 Å². The van der Waals surface area contributed by atoms with Crippen LogP contribution in [0.3, 0.4) is 0 Å². The predicted octanol–water partition coefficient (Wildman–Crippen LogP) is 3.98. The second kappa shape index (κ2) is 5.54. The smallest absolute Gasteiger partial charge is 0.124 e. The summed E-state index contributed by atoms with van der Waals surface area (Å²) in [6.07, 6.45) is 3.13. The fraction of sp³-hybridized carbons (Fsp3) is 0.647. The molecule has 1 aliphatic rings. The molecule has 0 saturated heterocycles. The van der Waals surface area contributed by atoms with Gasteiger partial charge in [-0.15, -0.1) is 0 Å². The highest BCUT2D eigenvalue weighted by molar-refractivity contribution is 5.39. The van der Waals surface area contributed by atoms with Crippen LogP contribution in [0.2, 0.25) is 0 Å². The van der Waals surface area contributed by atoms with Gasteiger partial charge in [0.1, 0.15) is 5.75 Å². The maximum Gasteiger partial charge on any atom is 0.124 e. The van der Waals surface area contributed by atoms with Gasteiger partial charge < -0.3 is 9.84 Å². The van der Waals surface area contributed by atoms with E-state index in [1.807, 2.05) is 24.3 Å². The Hall–Kier alpha value is -1.02. The third kappa shape index (κ3) is 2.64. The topological polar surface area (TPSA) is 29.5 Å². The summed E-state index contributed by atoms with van der Waals surface area (Å²) in [7, 11) is 1.68. The third-order valence-corrected chi connectivity index (χ3v) is 4.62. The van der Waals surface area contributed by atoms with Crippen molar-refractivity contribution >= 4 is 0 Å². The van der Waals surface area contributed by atoms with Crippen LogP contribution in [0, 0.1) is 17.8 Å². The normalized spacial score (nSPS) is 31.5. The molecule has 0 bridgehead atoms. The molecule has 0 amide bonds. The van der Waals surface area contributed by atoms with Crippen LogP contribution in [-0.4, -0.2) is 12.2 Å². The molecule has 0 spiro atoms. The molecule has 3 unspecified atom stereocenters. The zero-order valence-electron chi connectivity index (χ0n) is 12.5. The summed E-state index contributed by atoms with van der Waals surface area (Å²) < 4.78 is 5.47. The van der Waals surface area contributed by atoms with E-state index in [4.69, 9.17) is 4.74 Å². The first-order valence-corrected chi connectivity index (χ1v) is 7.35. The zero-order chi connectivity index (χ0) is 14.0. The summed E-state index contributed by atoms with van der Waals surface area (Å²) in [5, 5.41) is 11.4. The lowest BCUT2D eigenvalue weighted by molar-refractivity contribution is -0.0877. The number of hydrogen-bond acceptors (Lipinski definition) is 2. The monoisotopic (exact) mass is 262 g/mol.